The first-order valence-electron chi connectivity index (χ1n) is 11.0. The number of nitrogens with one attached hydrogen (secondary N) is 2. The maximum Gasteiger partial charge on any atom is 0.338 e. The van der Waals surface area contributed by atoms with Crippen molar-refractivity contribution >= 4 is 23.6 Å². The van der Waals surface area contributed by atoms with Crippen molar-refractivity contribution in [2.75, 3.05) is 26.2 Å². The van der Waals surface area contributed by atoms with Gasteiger partial charge in [0.25, 0.3) is 0 Å². The van der Waals surface area contributed by atoms with Crippen LogP contribution in [-0.2, 0) is 9.53 Å². The Balaban J connectivity index is 1.60. The molecule has 1 fully saturated rings. The summed E-state index contributed by atoms with van der Waals surface area (Å²) < 4.78 is 5.36. The van der Waals surface area contributed by atoms with E-state index in [-0.39, 0.29) is 12.6 Å². The van der Waals surface area contributed by atoms with Crippen LogP contribution in [0.3, 0.4) is 0 Å². The Morgan fingerprint density at radius 1 is 1.12 bits per heavy atom. The van der Waals surface area contributed by atoms with Crippen molar-refractivity contribution in [1.29, 1.82) is 0 Å². The van der Waals surface area contributed by atoms with Crippen molar-refractivity contribution in [1.82, 2.24) is 15.5 Å². The van der Waals surface area contributed by atoms with Crippen molar-refractivity contribution in [3.05, 3.63) is 81.5 Å². The summed E-state index contributed by atoms with van der Waals surface area (Å²) in [5.74, 6) is 0.0101. The van der Waals surface area contributed by atoms with Gasteiger partial charge in [-0.3, -0.25) is 4.90 Å². The Morgan fingerprint density at radius 2 is 1.81 bits per heavy atom. The van der Waals surface area contributed by atoms with Crippen LogP contribution >= 0.6 is 11.6 Å². The highest BCUT2D eigenvalue weighted by Crippen LogP contribution is 2.31. The second kappa shape index (κ2) is 9.76. The number of likely N-dealkylation sites (tertiary alicyclic amines) is 1. The molecular weight excluding hydrogens is 426 g/mol. The maximum absolute atomic E-state index is 12.9. The first kappa shape index (κ1) is 22.4. The molecule has 6 nitrogen and oxygen atoms in total. The number of halogens is 1. The largest absolute Gasteiger partial charge is 0.463 e. The molecule has 168 valence electrons. The van der Waals surface area contributed by atoms with E-state index in [2.05, 4.69) is 46.7 Å². The van der Waals surface area contributed by atoms with Crippen molar-refractivity contribution in [2.45, 2.75) is 32.2 Å². The molecule has 2 atom stereocenters. The van der Waals surface area contributed by atoms with Crippen LogP contribution < -0.4 is 10.6 Å². The molecule has 0 aromatic heterocycles. The minimum Gasteiger partial charge on any atom is -0.463 e. The molecule has 32 heavy (non-hydrogen) atoms. The molecule has 4 rings (SSSR count). The molecule has 7 heteroatoms. The fourth-order valence-electron chi connectivity index (χ4n) is 4.41. The van der Waals surface area contributed by atoms with Gasteiger partial charge >= 0.3 is 12.0 Å². The number of urea groups is 1. The Kier molecular flexibility index (Phi) is 6.82. The van der Waals surface area contributed by atoms with E-state index in [0.29, 0.717) is 28.8 Å². The lowest BCUT2D eigenvalue weighted by atomic mass is 9.95. The Bertz CT molecular complexity index is 1020. The van der Waals surface area contributed by atoms with E-state index < -0.39 is 12.0 Å². The van der Waals surface area contributed by atoms with E-state index in [4.69, 9.17) is 16.3 Å². The fraction of sp³-hybridized carbons (Fsp3) is 0.360. The zero-order valence-electron chi connectivity index (χ0n) is 18.4. The number of amides is 2. The molecule has 2 aliphatic rings. The average Bonchev–Trinajstić information content (AvgIpc) is 3.23. The number of hydrogen-bond donors (Lipinski definition) is 2. The van der Waals surface area contributed by atoms with Crippen LogP contribution in [0.15, 0.2) is 59.8 Å². The van der Waals surface area contributed by atoms with Gasteiger partial charge in [-0.25, -0.2) is 9.59 Å². The van der Waals surface area contributed by atoms with Gasteiger partial charge in [-0.2, -0.15) is 0 Å². The zero-order chi connectivity index (χ0) is 22.7. The highest BCUT2D eigenvalue weighted by Gasteiger charge is 2.35. The molecule has 2 aromatic rings. The third-order valence-corrected chi connectivity index (χ3v) is 6.31. The van der Waals surface area contributed by atoms with Gasteiger partial charge in [0, 0.05) is 23.8 Å². The highest BCUT2D eigenvalue weighted by atomic mass is 35.5. The summed E-state index contributed by atoms with van der Waals surface area (Å²) in [5.41, 5.74) is 4.39. The van der Waals surface area contributed by atoms with Gasteiger partial charge in [-0.15, -0.1) is 0 Å². The number of esters is 1. The Labute approximate surface area is 193 Å². The molecule has 2 aliphatic heterocycles. The zero-order valence-corrected chi connectivity index (χ0v) is 19.1. The molecular formula is C25H28ClN3O3. The molecule has 2 amide bonds. The minimum absolute atomic E-state index is 0.260. The topological polar surface area (TPSA) is 70.7 Å². The van der Waals surface area contributed by atoms with Crippen molar-refractivity contribution in [3.63, 3.8) is 0 Å². The molecule has 2 N–H and O–H groups in total. The molecule has 2 aromatic carbocycles. The third-order valence-electron chi connectivity index (χ3n) is 6.06. The van der Waals surface area contributed by atoms with Gasteiger partial charge in [0.15, 0.2) is 0 Å². The quantitative estimate of drug-likeness (QED) is 0.639. The Morgan fingerprint density at radius 3 is 2.50 bits per heavy atom. The van der Waals surface area contributed by atoms with E-state index in [0.717, 1.165) is 25.1 Å². The summed E-state index contributed by atoms with van der Waals surface area (Å²) in [7, 11) is 0. The first-order chi connectivity index (χ1) is 15.4. The van der Waals surface area contributed by atoms with Gasteiger partial charge in [0.05, 0.1) is 18.2 Å². The smallest absolute Gasteiger partial charge is 0.338 e. The van der Waals surface area contributed by atoms with E-state index >= 15 is 0 Å². The van der Waals surface area contributed by atoms with Gasteiger partial charge < -0.3 is 15.4 Å². The minimum atomic E-state index is -0.592. The van der Waals surface area contributed by atoms with Gasteiger partial charge in [0.1, 0.15) is 0 Å². The third kappa shape index (κ3) is 4.97. The number of nitrogens with zero attached hydrogens (tertiary/aromatic N) is 1. The van der Waals surface area contributed by atoms with Gasteiger partial charge in [-0.05, 0) is 56.0 Å². The molecule has 0 radical (unpaired) electrons. The summed E-state index contributed by atoms with van der Waals surface area (Å²) in [5, 5.41) is 6.33. The number of carbonyl (C=O) groups excluding carboxylic acids is 2. The molecule has 1 saturated heterocycles. The highest BCUT2D eigenvalue weighted by molar-refractivity contribution is 6.30. The van der Waals surface area contributed by atoms with Crippen molar-refractivity contribution in [3.8, 4) is 0 Å². The van der Waals surface area contributed by atoms with Crippen LogP contribution in [0.2, 0.25) is 5.02 Å². The first-order valence-corrected chi connectivity index (χ1v) is 11.3. The fourth-order valence-corrected chi connectivity index (χ4v) is 4.53. The molecule has 0 bridgehead atoms. The second-order valence-corrected chi connectivity index (χ2v) is 8.76. The van der Waals surface area contributed by atoms with Gasteiger partial charge in [0.2, 0.25) is 0 Å². The number of aryl methyl sites for hydroxylation is 1. The predicted octanol–water partition coefficient (Wildman–Crippen LogP) is 4.31. The van der Waals surface area contributed by atoms with E-state index in [1.54, 1.807) is 19.1 Å². The SMILES string of the molecule is CCOC(=O)C1=C(CN2CC[C@@H](c3ccc(C)cc3)C2)NC(=O)N[C@@H]1c1ccc(Cl)cc1. The lowest BCUT2D eigenvalue weighted by molar-refractivity contribution is -0.139. The molecule has 0 aliphatic carbocycles. The second-order valence-electron chi connectivity index (χ2n) is 8.33. The summed E-state index contributed by atoms with van der Waals surface area (Å²) in [6.45, 7) is 6.37. The van der Waals surface area contributed by atoms with E-state index in [1.165, 1.54) is 11.1 Å². The van der Waals surface area contributed by atoms with Crippen LogP contribution in [-0.4, -0.2) is 43.1 Å². The van der Waals surface area contributed by atoms with Crippen LogP contribution in [0.5, 0.6) is 0 Å². The van der Waals surface area contributed by atoms with Crippen LogP contribution in [0, 0.1) is 6.92 Å². The summed E-state index contributed by atoms with van der Waals surface area (Å²) in [6.07, 6.45) is 1.04. The van der Waals surface area contributed by atoms with Crippen LogP contribution in [0.4, 0.5) is 4.79 Å². The summed E-state index contributed by atoms with van der Waals surface area (Å²) in [6, 6.07) is 14.9. The maximum atomic E-state index is 12.9. The van der Waals surface area contributed by atoms with Crippen molar-refractivity contribution < 1.29 is 14.3 Å². The molecule has 0 unspecified atom stereocenters. The van der Waals surface area contributed by atoms with Crippen LogP contribution in [0.1, 0.15) is 42.0 Å². The number of benzene rings is 2. The Hall–Kier alpha value is -2.83. The van der Waals surface area contributed by atoms with E-state index in [1.807, 2.05) is 12.1 Å². The number of hydrogen-bond acceptors (Lipinski definition) is 4. The van der Waals surface area contributed by atoms with E-state index in [9.17, 15) is 9.59 Å². The summed E-state index contributed by atoms with van der Waals surface area (Å²) >= 11 is 6.03. The average molecular weight is 454 g/mol. The standard InChI is InChI=1S/C25H28ClN3O3/c1-3-32-24(30)22-21(27-25(31)28-23(22)18-8-10-20(26)11-9-18)15-29-13-12-19(14-29)17-6-4-16(2)5-7-17/h4-11,19,23H,3,12-15H2,1-2H3,(H2,27,28,31)/t19-,23-/m1/s1. The lowest BCUT2D eigenvalue weighted by Gasteiger charge is -2.31. The summed E-state index contributed by atoms with van der Waals surface area (Å²) in [4.78, 5) is 27.7. The number of rotatable bonds is 6. The molecule has 2 heterocycles. The number of ether oxygens (including phenoxy) is 1. The normalized spacial score (nSPS) is 21.3. The van der Waals surface area contributed by atoms with Crippen LogP contribution in [0.25, 0.3) is 0 Å². The molecule has 0 saturated carbocycles. The molecule has 0 spiro atoms. The lowest BCUT2D eigenvalue weighted by Crippen LogP contribution is -2.48. The number of carbonyl (C=O) groups is 2. The monoisotopic (exact) mass is 453 g/mol. The van der Waals surface area contributed by atoms with Gasteiger partial charge in [-0.1, -0.05) is 53.6 Å². The predicted molar refractivity (Wildman–Crippen MR) is 124 cm³/mol. The van der Waals surface area contributed by atoms with Crippen molar-refractivity contribution in [2.24, 2.45) is 0 Å².